The Morgan fingerprint density at radius 2 is 1.85 bits per heavy atom. The van der Waals surface area contributed by atoms with Gasteiger partial charge in [-0.15, -0.1) is 4.83 Å². The number of rotatable bonds is 4. The summed E-state index contributed by atoms with van der Waals surface area (Å²) < 4.78 is 28.9. The van der Waals surface area contributed by atoms with E-state index in [9.17, 15) is 13.2 Å². The molecule has 0 aliphatic rings. The summed E-state index contributed by atoms with van der Waals surface area (Å²) in [6, 6.07) is 8.25. The molecule has 2 aromatic rings. The van der Waals surface area contributed by atoms with E-state index in [-0.39, 0.29) is 16.3 Å². The Bertz CT molecular complexity index is 703. The third kappa shape index (κ3) is 2.86. The number of nitrogens with zero attached hydrogens (tertiary/aromatic N) is 1. The number of nitrogens with one attached hydrogen (secondary N) is 2. The Labute approximate surface area is 116 Å². The fourth-order valence-electron chi connectivity index (χ4n) is 1.68. The van der Waals surface area contributed by atoms with Crippen molar-refractivity contribution in [3.05, 3.63) is 47.3 Å². The Hall–Kier alpha value is -2.19. The lowest BCUT2D eigenvalue weighted by atomic mass is 10.2. The molecule has 0 saturated heterocycles. The molecular formula is C12H13N3O4S. The molecule has 2 rings (SSSR count). The first-order chi connectivity index (χ1) is 9.42. The van der Waals surface area contributed by atoms with Gasteiger partial charge in [-0.3, -0.25) is 10.2 Å². The normalized spacial score (nSPS) is 11.3. The third-order valence-electron chi connectivity index (χ3n) is 2.57. The molecule has 0 saturated carbocycles. The third-order valence-corrected chi connectivity index (χ3v) is 4.06. The minimum atomic E-state index is -3.92. The van der Waals surface area contributed by atoms with Crippen molar-refractivity contribution >= 4 is 15.9 Å². The maximum atomic E-state index is 12.0. The summed E-state index contributed by atoms with van der Waals surface area (Å²) in [6.45, 7) is 2.98. The van der Waals surface area contributed by atoms with Gasteiger partial charge in [0, 0.05) is 5.56 Å². The fourth-order valence-corrected chi connectivity index (χ4v) is 2.86. The summed E-state index contributed by atoms with van der Waals surface area (Å²) in [5.74, 6) is -0.398. The predicted molar refractivity (Wildman–Crippen MR) is 70.2 cm³/mol. The van der Waals surface area contributed by atoms with Crippen molar-refractivity contribution in [2.75, 3.05) is 0 Å². The minimum Gasteiger partial charge on any atom is -0.360 e. The molecule has 1 aromatic carbocycles. The van der Waals surface area contributed by atoms with Crippen molar-refractivity contribution in [2.24, 2.45) is 0 Å². The van der Waals surface area contributed by atoms with Crippen LogP contribution < -0.4 is 10.3 Å². The number of hydrogen-bond acceptors (Lipinski definition) is 5. The largest absolute Gasteiger partial charge is 0.360 e. The van der Waals surface area contributed by atoms with Gasteiger partial charge in [-0.1, -0.05) is 23.4 Å². The fraction of sp³-hybridized carbons (Fsp3) is 0.167. The zero-order chi connectivity index (χ0) is 14.8. The topological polar surface area (TPSA) is 101 Å². The van der Waals surface area contributed by atoms with Crippen LogP contribution in [0.2, 0.25) is 0 Å². The number of amides is 1. The number of hydrogen-bond donors (Lipinski definition) is 2. The lowest BCUT2D eigenvalue weighted by molar-refractivity contribution is 0.0945. The van der Waals surface area contributed by atoms with Crippen molar-refractivity contribution in [3.8, 4) is 0 Å². The summed E-state index contributed by atoms with van der Waals surface area (Å²) in [7, 11) is -3.92. The number of hydrazine groups is 1. The van der Waals surface area contributed by atoms with Crippen molar-refractivity contribution < 1.29 is 17.7 Å². The Kier molecular flexibility index (Phi) is 3.86. The standard InChI is InChI=1S/C12H13N3O4S/c1-8-11(9(2)19-14-8)20(17,18)15-13-12(16)10-6-4-3-5-7-10/h3-7,15H,1-2H3,(H,13,16). The number of sulfonamides is 1. The summed E-state index contributed by atoms with van der Waals surface area (Å²) in [4.78, 5) is 13.7. The number of carbonyl (C=O) groups is 1. The molecule has 20 heavy (non-hydrogen) atoms. The van der Waals surface area contributed by atoms with Crippen LogP contribution >= 0.6 is 0 Å². The van der Waals surface area contributed by atoms with Gasteiger partial charge in [-0.25, -0.2) is 8.42 Å². The van der Waals surface area contributed by atoms with E-state index in [0.717, 1.165) is 0 Å². The first kappa shape index (κ1) is 14.2. The van der Waals surface area contributed by atoms with Crippen LogP contribution in [0.5, 0.6) is 0 Å². The maximum absolute atomic E-state index is 12.0. The van der Waals surface area contributed by atoms with Crippen molar-refractivity contribution in [2.45, 2.75) is 18.7 Å². The predicted octanol–water partition coefficient (Wildman–Crippen LogP) is 0.915. The smallest absolute Gasteiger partial charge is 0.266 e. The van der Waals surface area contributed by atoms with E-state index in [1.165, 1.54) is 13.8 Å². The zero-order valence-corrected chi connectivity index (χ0v) is 11.7. The first-order valence-electron chi connectivity index (χ1n) is 5.72. The highest BCUT2D eigenvalue weighted by molar-refractivity contribution is 7.89. The van der Waals surface area contributed by atoms with Gasteiger partial charge < -0.3 is 4.52 Å². The number of aromatic nitrogens is 1. The zero-order valence-electron chi connectivity index (χ0n) is 10.9. The molecule has 0 radical (unpaired) electrons. The molecule has 2 N–H and O–H groups in total. The van der Waals surface area contributed by atoms with Gasteiger partial charge in [0.25, 0.3) is 15.9 Å². The molecule has 0 aliphatic carbocycles. The van der Waals surface area contributed by atoms with Crippen LogP contribution in [-0.2, 0) is 10.0 Å². The van der Waals surface area contributed by atoms with Gasteiger partial charge in [0.15, 0.2) is 5.76 Å². The monoisotopic (exact) mass is 295 g/mol. The molecule has 1 heterocycles. The van der Waals surface area contributed by atoms with Crippen LogP contribution in [0, 0.1) is 13.8 Å². The van der Waals surface area contributed by atoms with E-state index in [4.69, 9.17) is 4.52 Å². The van der Waals surface area contributed by atoms with E-state index >= 15 is 0 Å². The molecule has 1 amide bonds. The van der Waals surface area contributed by atoms with Crippen LogP contribution in [0.1, 0.15) is 21.8 Å². The van der Waals surface area contributed by atoms with Gasteiger partial charge in [0.2, 0.25) is 0 Å². The quantitative estimate of drug-likeness (QED) is 0.817. The summed E-state index contributed by atoms with van der Waals surface area (Å²) >= 11 is 0. The minimum absolute atomic E-state index is 0.0779. The average Bonchev–Trinajstić information content (AvgIpc) is 2.77. The second kappa shape index (κ2) is 5.43. The summed E-state index contributed by atoms with van der Waals surface area (Å²) in [6.07, 6.45) is 0. The molecule has 0 atom stereocenters. The van der Waals surface area contributed by atoms with Crippen molar-refractivity contribution in [1.82, 2.24) is 15.4 Å². The highest BCUT2D eigenvalue weighted by Gasteiger charge is 2.24. The Morgan fingerprint density at radius 3 is 2.40 bits per heavy atom. The van der Waals surface area contributed by atoms with Gasteiger partial charge >= 0.3 is 0 Å². The number of aryl methyl sites for hydroxylation is 2. The molecule has 0 fully saturated rings. The highest BCUT2D eigenvalue weighted by atomic mass is 32.2. The van der Waals surface area contributed by atoms with Gasteiger partial charge in [0.1, 0.15) is 10.6 Å². The van der Waals surface area contributed by atoms with Crippen LogP contribution in [0.3, 0.4) is 0 Å². The highest BCUT2D eigenvalue weighted by Crippen LogP contribution is 2.17. The maximum Gasteiger partial charge on any atom is 0.266 e. The van der Waals surface area contributed by atoms with Gasteiger partial charge in [-0.2, -0.15) is 0 Å². The second-order valence-corrected chi connectivity index (χ2v) is 5.70. The lowest BCUT2D eigenvalue weighted by Crippen LogP contribution is -2.41. The molecule has 8 heteroatoms. The number of carbonyl (C=O) groups excluding carboxylic acids is 1. The van der Waals surface area contributed by atoms with Crippen LogP contribution in [-0.4, -0.2) is 19.5 Å². The molecule has 0 unspecified atom stereocenters. The Morgan fingerprint density at radius 1 is 1.20 bits per heavy atom. The molecule has 1 aromatic heterocycles. The SMILES string of the molecule is Cc1noc(C)c1S(=O)(=O)NNC(=O)c1ccccc1. The van der Waals surface area contributed by atoms with E-state index in [2.05, 4.69) is 10.6 Å². The van der Waals surface area contributed by atoms with Crippen LogP contribution in [0.4, 0.5) is 0 Å². The van der Waals surface area contributed by atoms with Crippen molar-refractivity contribution in [1.29, 1.82) is 0 Å². The molecular weight excluding hydrogens is 282 g/mol. The summed E-state index contributed by atoms with van der Waals surface area (Å²) in [5, 5.41) is 3.56. The van der Waals surface area contributed by atoms with Crippen LogP contribution in [0.15, 0.2) is 39.8 Å². The Balaban J connectivity index is 2.13. The second-order valence-electron chi connectivity index (χ2n) is 4.08. The van der Waals surface area contributed by atoms with E-state index in [1.54, 1.807) is 30.3 Å². The van der Waals surface area contributed by atoms with E-state index < -0.39 is 15.9 Å². The molecule has 7 nitrogen and oxygen atoms in total. The van der Waals surface area contributed by atoms with Crippen LogP contribution in [0.25, 0.3) is 0 Å². The lowest BCUT2D eigenvalue weighted by Gasteiger charge is -2.07. The van der Waals surface area contributed by atoms with E-state index in [0.29, 0.717) is 5.56 Å². The van der Waals surface area contributed by atoms with Gasteiger partial charge in [-0.05, 0) is 26.0 Å². The molecule has 0 spiro atoms. The average molecular weight is 295 g/mol. The molecule has 0 aliphatic heterocycles. The number of benzene rings is 1. The summed E-state index contributed by atoms with van der Waals surface area (Å²) in [5.41, 5.74) is 2.70. The van der Waals surface area contributed by atoms with Gasteiger partial charge in [0.05, 0.1) is 0 Å². The molecule has 0 bridgehead atoms. The molecule has 106 valence electrons. The van der Waals surface area contributed by atoms with Crippen molar-refractivity contribution in [3.63, 3.8) is 0 Å². The van der Waals surface area contributed by atoms with E-state index in [1.807, 2.05) is 4.83 Å². The first-order valence-corrected chi connectivity index (χ1v) is 7.20.